The van der Waals surface area contributed by atoms with Gasteiger partial charge in [0.2, 0.25) is 0 Å². The summed E-state index contributed by atoms with van der Waals surface area (Å²) >= 11 is 0. The molecule has 1 atom stereocenters. The van der Waals surface area contributed by atoms with E-state index in [0.29, 0.717) is 17.8 Å². The Kier molecular flexibility index (Phi) is 5.37. The number of nitrogens with zero attached hydrogens (tertiary/aromatic N) is 3. The molecule has 0 radical (unpaired) electrons. The molecule has 4 N–H and O–H groups in total. The van der Waals surface area contributed by atoms with Gasteiger partial charge in [-0.15, -0.1) is 0 Å². The average molecular weight is 419 g/mol. The van der Waals surface area contributed by atoms with Crippen LogP contribution in [0.2, 0.25) is 0 Å². The van der Waals surface area contributed by atoms with Crippen molar-refractivity contribution in [3.8, 4) is 0 Å². The van der Waals surface area contributed by atoms with Crippen LogP contribution >= 0.6 is 0 Å². The van der Waals surface area contributed by atoms with Gasteiger partial charge in [-0.2, -0.15) is 5.10 Å². The largest absolute Gasteiger partial charge is 0.478 e. The second-order valence-corrected chi connectivity index (χ2v) is 7.79. The molecular weight excluding hydrogens is 394 g/mol. The average Bonchev–Trinajstić information content (AvgIpc) is 3.27. The Labute approximate surface area is 180 Å². The molecule has 0 spiro atoms. The number of carbonyl (C=O) groups is 2. The van der Waals surface area contributed by atoms with Crippen LogP contribution in [0.4, 0.5) is 11.5 Å². The van der Waals surface area contributed by atoms with Gasteiger partial charge in [-0.05, 0) is 49.2 Å². The van der Waals surface area contributed by atoms with E-state index in [9.17, 15) is 9.59 Å². The number of rotatable bonds is 6. The van der Waals surface area contributed by atoms with E-state index < -0.39 is 5.97 Å². The van der Waals surface area contributed by atoms with Gasteiger partial charge in [0.25, 0.3) is 5.91 Å². The Balaban J connectivity index is 1.54. The number of hydrogen-bond acceptors (Lipinski definition) is 5. The maximum absolute atomic E-state index is 13.2. The minimum atomic E-state index is -0.976. The number of aromatic nitrogens is 2. The van der Waals surface area contributed by atoms with E-state index in [1.165, 1.54) is 12.1 Å². The van der Waals surface area contributed by atoms with Crippen molar-refractivity contribution in [3.63, 3.8) is 0 Å². The van der Waals surface area contributed by atoms with Crippen molar-refractivity contribution in [1.82, 2.24) is 15.1 Å². The lowest BCUT2D eigenvalue weighted by atomic mass is 10.1. The summed E-state index contributed by atoms with van der Waals surface area (Å²) in [6.45, 7) is 5.88. The number of anilines is 2. The lowest BCUT2D eigenvalue weighted by Crippen LogP contribution is -2.29. The van der Waals surface area contributed by atoms with Crippen molar-refractivity contribution in [2.24, 2.45) is 0 Å². The fraction of sp³-hybridized carbons (Fsp3) is 0.261. The van der Waals surface area contributed by atoms with Gasteiger partial charge >= 0.3 is 5.97 Å². The van der Waals surface area contributed by atoms with Crippen molar-refractivity contribution < 1.29 is 14.7 Å². The molecule has 0 aliphatic carbocycles. The highest BCUT2D eigenvalue weighted by Gasteiger charge is 2.30. The van der Waals surface area contributed by atoms with Crippen LogP contribution in [-0.2, 0) is 13.1 Å². The summed E-state index contributed by atoms with van der Waals surface area (Å²) < 4.78 is 1.88. The molecule has 8 nitrogen and oxygen atoms in total. The van der Waals surface area contributed by atoms with Crippen LogP contribution in [0.3, 0.4) is 0 Å². The zero-order valence-corrected chi connectivity index (χ0v) is 17.5. The number of nitrogen functional groups attached to an aromatic ring is 1. The number of hydrogen-bond donors (Lipinski definition) is 3. The smallest absolute Gasteiger partial charge is 0.335 e. The third-order valence-electron chi connectivity index (χ3n) is 5.57. The highest BCUT2D eigenvalue weighted by Crippen LogP contribution is 2.30. The predicted octanol–water partition coefficient (Wildman–Crippen LogP) is 2.98. The summed E-state index contributed by atoms with van der Waals surface area (Å²) in [5, 5.41) is 16.6. The van der Waals surface area contributed by atoms with Crippen molar-refractivity contribution in [3.05, 3.63) is 76.5 Å². The maximum Gasteiger partial charge on any atom is 0.335 e. The molecule has 4 rings (SSSR count). The summed E-state index contributed by atoms with van der Waals surface area (Å²) in [6, 6.07) is 14.0. The van der Waals surface area contributed by atoms with Crippen LogP contribution in [0, 0.1) is 6.92 Å². The molecule has 1 aliphatic heterocycles. The lowest BCUT2D eigenvalue weighted by Gasteiger charge is -2.20. The van der Waals surface area contributed by atoms with Crippen LogP contribution in [0.1, 0.15) is 50.5 Å². The number of nitrogens with one attached hydrogen (secondary N) is 1. The number of nitrogens with two attached hydrogens (primary N) is 1. The number of benzene rings is 2. The molecule has 0 saturated heterocycles. The number of fused-ring (bicyclic) bond motifs is 1. The number of amides is 1. The van der Waals surface area contributed by atoms with E-state index in [-0.39, 0.29) is 17.5 Å². The van der Waals surface area contributed by atoms with Crippen molar-refractivity contribution >= 4 is 23.4 Å². The van der Waals surface area contributed by atoms with E-state index in [2.05, 4.69) is 15.3 Å². The fourth-order valence-electron chi connectivity index (χ4n) is 3.90. The van der Waals surface area contributed by atoms with E-state index in [1.54, 1.807) is 12.1 Å². The third-order valence-corrected chi connectivity index (χ3v) is 5.57. The molecule has 1 amide bonds. The standard InChI is InChI=1S/C23H25N5O3/c1-14(17-5-7-18(8-6-17)23(30)31)25-21(29)20-15(2)26-28-12-11-27(22(20)28)13-16-3-9-19(24)10-4-16/h3-10,14H,11-13,24H2,1-2H3,(H,25,29)(H,30,31)/t14-/m0/s1. The second kappa shape index (κ2) is 8.14. The van der Waals surface area contributed by atoms with Gasteiger partial charge < -0.3 is 21.1 Å². The SMILES string of the molecule is Cc1nn2c(c1C(=O)N[C@@H](C)c1ccc(C(=O)O)cc1)N(Cc1ccc(N)cc1)CC2. The molecular formula is C23H25N5O3. The Morgan fingerprint density at radius 3 is 2.45 bits per heavy atom. The molecule has 0 saturated carbocycles. The first-order valence-corrected chi connectivity index (χ1v) is 10.1. The Morgan fingerprint density at radius 2 is 1.81 bits per heavy atom. The fourth-order valence-corrected chi connectivity index (χ4v) is 3.90. The van der Waals surface area contributed by atoms with E-state index in [0.717, 1.165) is 35.7 Å². The Bertz CT molecular complexity index is 1120. The first-order chi connectivity index (χ1) is 14.8. The monoisotopic (exact) mass is 419 g/mol. The van der Waals surface area contributed by atoms with Crippen molar-refractivity contribution in [2.75, 3.05) is 17.2 Å². The van der Waals surface area contributed by atoms with Gasteiger partial charge in [0.15, 0.2) is 0 Å². The normalized spacial score (nSPS) is 13.7. The maximum atomic E-state index is 13.2. The molecule has 0 bridgehead atoms. The van der Waals surface area contributed by atoms with Crippen LogP contribution in [0.15, 0.2) is 48.5 Å². The topological polar surface area (TPSA) is 113 Å². The van der Waals surface area contributed by atoms with E-state index in [4.69, 9.17) is 10.8 Å². The molecule has 31 heavy (non-hydrogen) atoms. The summed E-state index contributed by atoms with van der Waals surface area (Å²) in [5.41, 5.74) is 9.92. The zero-order valence-electron chi connectivity index (χ0n) is 17.5. The van der Waals surface area contributed by atoms with Crippen molar-refractivity contribution in [1.29, 1.82) is 0 Å². The quantitative estimate of drug-likeness (QED) is 0.530. The Morgan fingerprint density at radius 1 is 1.13 bits per heavy atom. The summed E-state index contributed by atoms with van der Waals surface area (Å²) in [4.78, 5) is 26.4. The highest BCUT2D eigenvalue weighted by molar-refractivity contribution is 6.00. The van der Waals surface area contributed by atoms with Crippen LogP contribution in [-0.4, -0.2) is 33.3 Å². The predicted molar refractivity (Wildman–Crippen MR) is 118 cm³/mol. The molecule has 1 aliphatic rings. The first kappa shape index (κ1) is 20.5. The summed E-state index contributed by atoms with van der Waals surface area (Å²) in [5.74, 6) is -0.353. The van der Waals surface area contributed by atoms with Gasteiger partial charge in [-0.25, -0.2) is 9.48 Å². The number of aryl methyl sites for hydroxylation is 1. The molecule has 160 valence electrons. The highest BCUT2D eigenvalue weighted by atomic mass is 16.4. The zero-order chi connectivity index (χ0) is 22.1. The summed E-state index contributed by atoms with van der Waals surface area (Å²) in [6.07, 6.45) is 0. The van der Waals surface area contributed by atoms with Gasteiger partial charge in [0, 0.05) is 18.8 Å². The van der Waals surface area contributed by atoms with Gasteiger partial charge in [-0.3, -0.25) is 4.79 Å². The van der Waals surface area contributed by atoms with Crippen LogP contribution < -0.4 is 16.0 Å². The molecule has 3 aromatic rings. The van der Waals surface area contributed by atoms with Crippen LogP contribution in [0.5, 0.6) is 0 Å². The van der Waals surface area contributed by atoms with Gasteiger partial charge in [0.1, 0.15) is 11.4 Å². The molecule has 0 unspecified atom stereocenters. The molecule has 0 fully saturated rings. The molecule has 8 heteroatoms. The second-order valence-electron chi connectivity index (χ2n) is 7.79. The molecule has 1 aromatic heterocycles. The minimum Gasteiger partial charge on any atom is -0.478 e. The lowest BCUT2D eigenvalue weighted by molar-refractivity contribution is 0.0696. The first-order valence-electron chi connectivity index (χ1n) is 10.1. The molecule has 2 aromatic carbocycles. The van der Waals surface area contributed by atoms with Gasteiger partial charge in [-0.1, -0.05) is 24.3 Å². The number of carboxylic acid groups (broad SMARTS) is 1. The van der Waals surface area contributed by atoms with Gasteiger partial charge in [0.05, 0.1) is 23.8 Å². The summed E-state index contributed by atoms with van der Waals surface area (Å²) in [7, 11) is 0. The van der Waals surface area contributed by atoms with Crippen LogP contribution in [0.25, 0.3) is 0 Å². The number of carbonyl (C=O) groups excluding carboxylic acids is 1. The Hall–Kier alpha value is -3.81. The molecule has 2 heterocycles. The van der Waals surface area contributed by atoms with E-state index >= 15 is 0 Å². The third kappa shape index (κ3) is 4.09. The van der Waals surface area contributed by atoms with E-state index in [1.807, 2.05) is 42.8 Å². The minimum absolute atomic E-state index is 0.197. The number of carboxylic acids is 1. The number of aromatic carboxylic acids is 1. The van der Waals surface area contributed by atoms with Crippen molar-refractivity contribution in [2.45, 2.75) is 33.0 Å².